The number of hydrogen-bond donors (Lipinski definition) is 3. The summed E-state index contributed by atoms with van der Waals surface area (Å²) in [7, 11) is 0. The fourth-order valence-electron chi connectivity index (χ4n) is 1.24. The number of carbonyl (C=O) groups is 1. The Labute approximate surface area is 98.6 Å². The topological polar surface area (TPSA) is 75.4 Å². The van der Waals surface area contributed by atoms with Crippen LogP contribution in [0.1, 0.15) is 41.5 Å². The van der Waals surface area contributed by atoms with Gasteiger partial charge >= 0.3 is 0 Å². The highest BCUT2D eigenvalue weighted by atomic mass is 16.3. The van der Waals surface area contributed by atoms with E-state index < -0.39 is 11.1 Å². The SMILES string of the molecule is CC(C)C(CN)C(=O)NC(C)(C)C(C)(C)O. The van der Waals surface area contributed by atoms with Crippen molar-refractivity contribution in [1.82, 2.24) is 5.32 Å². The zero-order valence-electron chi connectivity index (χ0n) is 11.3. The van der Waals surface area contributed by atoms with Crippen molar-refractivity contribution in [3.05, 3.63) is 0 Å². The van der Waals surface area contributed by atoms with Gasteiger partial charge in [-0.05, 0) is 33.6 Å². The standard InChI is InChI=1S/C12H26N2O2/c1-8(2)9(7-13)10(15)14-11(3,4)12(5,6)16/h8-9,16H,7,13H2,1-6H3,(H,14,15). The van der Waals surface area contributed by atoms with Gasteiger partial charge in [-0.15, -0.1) is 0 Å². The van der Waals surface area contributed by atoms with E-state index in [9.17, 15) is 9.90 Å². The third-order valence-electron chi connectivity index (χ3n) is 3.36. The smallest absolute Gasteiger partial charge is 0.225 e. The summed E-state index contributed by atoms with van der Waals surface area (Å²) in [5.41, 5.74) is 3.93. The average Bonchev–Trinajstić information content (AvgIpc) is 2.00. The minimum Gasteiger partial charge on any atom is -0.388 e. The molecular formula is C12H26N2O2. The first-order valence-corrected chi connectivity index (χ1v) is 5.77. The summed E-state index contributed by atoms with van der Waals surface area (Å²) in [4.78, 5) is 12.0. The summed E-state index contributed by atoms with van der Waals surface area (Å²) in [5, 5.41) is 12.8. The molecule has 0 spiro atoms. The molecule has 1 unspecified atom stereocenters. The lowest BCUT2D eigenvalue weighted by molar-refractivity contribution is -0.131. The van der Waals surface area contributed by atoms with Gasteiger partial charge in [0.05, 0.1) is 17.1 Å². The number of carbonyl (C=O) groups excluding carboxylic acids is 1. The Morgan fingerprint density at radius 1 is 1.31 bits per heavy atom. The normalized spacial score (nSPS) is 15.1. The second-order valence-corrected chi connectivity index (χ2v) is 5.76. The van der Waals surface area contributed by atoms with Crippen molar-refractivity contribution in [3.63, 3.8) is 0 Å². The van der Waals surface area contributed by atoms with Crippen LogP contribution in [0.15, 0.2) is 0 Å². The molecular weight excluding hydrogens is 204 g/mol. The Morgan fingerprint density at radius 3 is 2.00 bits per heavy atom. The Bertz CT molecular complexity index is 242. The van der Waals surface area contributed by atoms with Crippen LogP contribution in [0.5, 0.6) is 0 Å². The third kappa shape index (κ3) is 3.76. The van der Waals surface area contributed by atoms with Crippen molar-refractivity contribution < 1.29 is 9.90 Å². The van der Waals surface area contributed by atoms with Crippen molar-refractivity contribution in [2.75, 3.05) is 6.54 Å². The summed E-state index contributed by atoms with van der Waals surface area (Å²) in [6.45, 7) is 11.2. The Morgan fingerprint density at radius 2 is 1.75 bits per heavy atom. The van der Waals surface area contributed by atoms with E-state index in [-0.39, 0.29) is 17.7 Å². The first-order valence-electron chi connectivity index (χ1n) is 5.77. The summed E-state index contributed by atoms with van der Waals surface area (Å²) < 4.78 is 0. The molecule has 0 aliphatic heterocycles. The van der Waals surface area contributed by atoms with E-state index in [1.165, 1.54) is 0 Å². The van der Waals surface area contributed by atoms with Gasteiger partial charge in [0, 0.05) is 6.54 Å². The molecule has 4 nitrogen and oxygen atoms in total. The van der Waals surface area contributed by atoms with Gasteiger partial charge in [-0.3, -0.25) is 4.79 Å². The fraction of sp³-hybridized carbons (Fsp3) is 0.917. The fourth-order valence-corrected chi connectivity index (χ4v) is 1.24. The van der Waals surface area contributed by atoms with Gasteiger partial charge in [-0.1, -0.05) is 13.8 Å². The van der Waals surface area contributed by atoms with E-state index >= 15 is 0 Å². The minimum absolute atomic E-state index is 0.0929. The molecule has 96 valence electrons. The van der Waals surface area contributed by atoms with E-state index in [1.54, 1.807) is 27.7 Å². The summed E-state index contributed by atoms with van der Waals surface area (Å²) in [6.07, 6.45) is 0. The Balaban J connectivity index is 4.68. The lowest BCUT2D eigenvalue weighted by atomic mass is 9.84. The first kappa shape index (κ1) is 15.4. The number of hydrogen-bond acceptors (Lipinski definition) is 3. The molecule has 1 amide bonds. The number of nitrogens with two attached hydrogens (primary N) is 1. The number of rotatable bonds is 5. The molecule has 0 bridgehead atoms. The van der Waals surface area contributed by atoms with Gasteiger partial charge in [-0.25, -0.2) is 0 Å². The molecule has 16 heavy (non-hydrogen) atoms. The van der Waals surface area contributed by atoms with Crippen molar-refractivity contribution in [2.45, 2.75) is 52.7 Å². The molecule has 0 saturated heterocycles. The zero-order chi connectivity index (χ0) is 13.1. The predicted octanol–water partition coefficient (Wildman–Crippen LogP) is 0.883. The molecule has 1 atom stereocenters. The van der Waals surface area contributed by atoms with Gasteiger partial charge < -0.3 is 16.2 Å². The zero-order valence-corrected chi connectivity index (χ0v) is 11.3. The van der Waals surface area contributed by atoms with Crippen LogP contribution in [0.25, 0.3) is 0 Å². The average molecular weight is 230 g/mol. The number of nitrogens with one attached hydrogen (secondary N) is 1. The van der Waals surface area contributed by atoms with E-state index in [0.717, 1.165) is 0 Å². The van der Waals surface area contributed by atoms with Gasteiger partial charge in [0.1, 0.15) is 0 Å². The quantitative estimate of drug-likeness (QED) is 0.656. The second-order valence-electron chi connectivity index (χ2n) is 5.76. The lowest BCUT2D eigenvalue weighted by Crippen LogP contribution is -2.59. The Hall–Kier alpha value is -0.610. The van der Waals surface area contributed by atoms with Gasteiger partial charge in [-0.2, -0.15) is 0 Å². The van der Waals surface area contributed by atoms with Crippen LogP contribution in [-0.2, 0) is 4.79 Å². The van der Waals surface area contributed by atoms with Crippen LogP contribution in [0.3, 0.4) is 0 Å². The maximum absolute atomic E-state index is 12.0. The number of amides is 1. The molecule has 0 aromatic heterocycles. The molecule has 0 aliphatic rings. The first-order chi connectivity index (χ1) is 7.03. The largest absolute Gasteiger partial charge is 0.388 e. The van der Waals surface area contributed by atoms with Gasteiger partial charge in [0.15, 0.2) is 0 Å². The van der Waals surface area contributed by atoms with Crippen LogP contribution in [0.2, 0.25) is 0 Å². The molecule has 0 rings (SSSR count). The van der Waals surface area contributed by atoms with Crippen LogP contribution < -0.4 is 11.1 Å². The summed E-state index contributed by atoms with van der Waals surface area (Å²) >= 11 is 0. The summed E-state index contributed by atoms with van der Waals surface area (Å²) in [6, 6.07) is 0. The molecule has 0 fully saturated rings. The Kier molecular flexibility index (Phi) is 4.95. The molecule has 0 radical (unpaired) electrons. The van der Waals surface area contributed by atoms with Crippen molar-refractivity contribution in [2.24, 2.45) is 17.6 Å². The van der Waals surface area contributed by atoms with Crippen molar-refractivity contribution in [1.29, 1.82) is 0 Å². The van der Waals surface area contributed by atoms with Crippen molar-refractivity contribution >= 4 is 5.91 Å². The highest BCUT2D eigenvalue weighted by Gasteiger charge is 2.37. The maximum Gasteiger partial charge on any atom is 0.225 e. The van der Waals surface area contributed by atoms with E-state index in [2.05, 4.69) is 5.32 Å². The monoisotopic (exact) mass is 230 g/mol. The molecule has 0 saturated carbocycles. The summed E-state index contributed by atoms with van der Waals surface area (Å²) in [5.74, 6) is -0.103. The van der Waals surface area contributed by atoms with Crippen LogP contribution >= 0.6 is 0 Å². The molecule has 4 N–H and O–H groups in total. The van der Waals surface area contributed by atoms with Crippen LogP contribution in [0, 0.1) is 11.8 Å². The third-order valence-corrected chi connectivity index (χ3v) is 3.36. The van der Waals surface area contributed by atoms with Crippen LogP contribution in [0.4, 0.5) is 0 Å². The van der Waals surface area contributed by atoms with Crippen molar-refractivity contribution in [3.8, 4) is 0 Å². The van der Waals surface area contributed by atoms with Crippen LogP contribution in [-0.4, -0.2) is 28.7 Å². The lowest BCUT2D eigenvalue weighted by Gasteiger charge is -2.39. The second kappa shape index (κ2) is 5.15. The molecule has 0 aromatic carbocycles. The maximum atomic E-state index is 12.0. The molecule has 4 heteroatoms. The molecule has 0 aromatic rings. The van der Waals surface area contributed by atoms with Gasteiger partial charge in [0.25, 0.3) is 0 Å². The minimum atomic E-state index is -0.973. The predicted molar refractivity (Wildman–Crippen MR) is 65.9 cm³/mol. The van der Waals surface area contributed by atoms with E-state index in [1.807, 2.05) is 13.8 Å². The highest BCUT2D eigenvalue weighted by molar-refractivity contribution is 5.80. The van der Waals surface area contributed by atoms with Gasteiger partial charge in [0.2, 0.25) is 5.91 Å². The number of aliphatic hydroxyl groups is 1. The highest BCUT2D eigenvalue weighted by Crippen LogP contribution is 2.22. The molecule has 0 aliphatic carbocycles. The van der Waals surface area contributed by atoms with E-state index in [0.29, 0.717) is 6.54 Å². The van der Waals surface area contributed by atoms with E-state index in [4.69, 9.17) is 5.73 Å². The molecule has 0 heterocycles.